The second-order valence-electron chi connectivity index (χ2n) is 3.44. The molecule has 0 bridgehead atoms. The number of aliphatic carboxylic acids is 1. The van der Waals surface area contributed by atoms with Gasteiger partial charge in [0.2, 0.25) is 0 Å². The van der Waals surface area contributed by atoms with Gasteiger partial charge in [0.05, 0.1) is 6.10 Å². The minimum Gasteiger partial charge on any atom is -0.480 e. The van der Waals surface area contributed by atoms with Crippen LogP contribution in [0.2, 0.25) is 0 Å². The molecule has 13 heavy (non-hydrogen) atoms. The Balaban J connectivity index is 2.41. The number of carbonyl (C=O) groups is 1. The average molecular weight is 187 g/mol. The highest BCUT2D eigenvalue weighted by Crippen LogP contribution is 2.13. The maximum atomic E-state index is 10.7. The van der Waals surface area contributed by atoms with Gasteiger partial charge in [-0.15, -0.1) is 0 Å². The zero-order chi connectivity index (χ0) is 9.84. The van der Waals surface area contributed by atoms with E-state index in [-0.39, 0.29) is 12.1 Å². The first-order chi connectivity index (χ1) is 6.15. The van der Waals surface area contributed by atoms with Gasteiger partial charge in [-0.05, 0) is 19.8 Å². The molecule has 3 atom stereocenters. The van der Waals surface area contributed by atoms with Crippen LogP contribution >= 0.6 is 0 Å². The minimum absolute atomic E-state index is 0.133. The Morgan fingerprint density at radius 2 is 2.46 bits per heavy atom. The molecular formula is C9H17NO3. The lowest BCUT2D eigenvalue weighted by Gasteiger charge is -2.20. The van der Waals surface area contributed by atoms with E-state index in [0.29, 0.717) is 6.42 Å². The van der Waals surface area contributed by atoms with Gasteiger partial charge in [-0.1, -0.05) is 6.92 Å². The van der Waals surface area contributed by atoms with Crippen molar-refractivity contribution in [1.29, 1.82) is 0 Å². The Hall–Kier alpha value is -0.610. The molecule has 3 unspecified atom stereocenters. The van der Waals surface area contributed by atoms with Crippen molar-refractivity contribution in [1.82, 2.24) is 5.32 Å². The molecule has 1 saturated heterocycles. The van der Waals surface area contributed by atoms with Crippen LogP contribution in [0.15, 0.2) is 0 Å². The van der Waals surface area contributed by atoms with Gasteiger partial charge < -0.3 is 9.84 Å². The quantitative estimate of drug-likeness (QED) is 0.677. The van der Waals surface area contributed by atoms with E-state index in [0.717, 1.165) is 13.0 Å². The highest BCUT2D eigenvalue weighted by Gasteiger charge is 2.28. The summed E-state index contributed by atoms with van der Waals surface area (Å²) in [5, 5.41) is 11.9. The third-order valence-electron chi connectivity index (χ3n) is 2.50. The van der Waals surface area contributed by atoms with Crippen molar-refractivity contribution in [2.45, 2.75) is 44.9 Å². The molecule has 1 rings (SSSR count). The standard InChI is InChI=1S/C9H17NO3/c1-3-7(9(11)12)10-8-4-5-13-6(8)2/h6-8,10H,3-5H2,1-2H3,(H,11,12). The van der Waals surface area contributed by atoms with Crippen molar-refractivity contribution in [3.05, 3.63) is 0 Å². The zero-order valence-corrected chi connectivity index (χ0v) is 8.12. The molecule has 76 valence electrons. The largest absolute Gasteiger partial charge is 0.480 e. The lowest BCUT2D eigenvalue weighted by atomic mass is 10.1. The van der Waals surface area contributed by atoms with Gasteiger partial charge in [-0.25, -0.2) is 0 Å². The van der Waals surface area contributed by atoms with E-state index in [1.807, 2.05) is 13.8 Å². The van der Waals surface area contributed by atoms with Gasteiger partial charge in [0.25, 0.3) is 0 Å². The summed E-state index contributed by atoms with van der Waals surface area (Å²) in [6, 6.07) is -0.241. The topological polar surface area (TPSA) is 58.6 Å². The SMILES string of the molecule is CCC(NC1CCOC1C)C(=O)O. The molecule has 4 nitrogen and oxygen atoms in total. The number of rotatable bonds is 4. The molecule has 0 radical (unpaired) electrons. The van der Waals surface area contributed by atoms with Gasteiger partial charge in [-0.2, -0.15) is 0 Å². The molecule has 0 aromatic rings. The third kappa shape index (κ3) is 2.67. The van der Waals surface area contributed by atoms with Gasteiger partial charge in [-0.3, -0.25) is 10.1 Å². The van der Waals surface area contributed by atoms with E-state index in [2.05, 4.69) is 5.32 Å². The first-order valence-electron chi connectivity index (χ1n) is 4.75. The molecule has 4 heteroatoms. The van der Waals surface area contributed by atoms with Crippen molar-refractivity contribution in [2.75, 3.05) is 6.61 Å². The van der Waals surface area contributed by atoms with Crippen molar-refractivity contribution in [2.24, 2.45) is 0 Å². The number of hydrogen-bond donors (Lipinski definition) is 2. The lowest BCUT2D eigenvalue weighted by molar-refractivity contribution is -0.139. The van der Waals surface area contributed by atoms with E-state index in [4.69, 9.17) is 9.84 Å². The maximum absolute atomic E-state index is 10.7. The molecular weight excluding hydrogens is 170 g/mol. The summed E-state index contributed by atoms with van der Waals surface area (Å²) < 4.78 is 5.34. The lowest BCUT2D eigenvalue weighted by Crippen LogP contribution is -2.45. The van der Waals surface area contributed by atoms with Gasteiger partial charge in [0.1, 0.15) is 6.04 Å². The second kappa shape index (κ2) is 4.58. The molecule has 0 amide bonds. The number of hydrogen-bond acceptors (Lipinski definition) is 3. The summed E-state index contributed by atoms with van der Waals surface area (Å²) in [7, 11) is 0. The van der Waals surface area contributed by atoms with Crippen LogP contribution in [0.1, 0.15) is 26.7 Å². The molecule has 0 spiro atoms. The molecule has 0 aromatic carbocycles. The van der Waals surface area contributed by atoms with E-state index >= 15 is 0 Å². The van der Waals surface area contributed by atoms with Crippen LogP contribution in [0.5, 0.6) is 0 Å². The Morgan fingerprint density at radius 3 is 2.85 bits per heavy atom. The Kier molecular flexibility index (Phi) is 3.69. The van der Waals surface area contributed by atoms with E-state index in [1.54, 1.807) is 0 Å². The first-order valence-corrected chi connectivity index (χ1v) is 4.75. The van der Waals surface area contributed by atoms with Crippen LogP contribution in [-0.2, 0) is 9.53 Å². The normalized spacial score (nSPS) is 30.3. The summed E-state index contributed by atoms with van der Waals surface area (Å²) in [6.07, 6.45) is 1.65. The summed E-state index contributed by atoms with van der Waals surface area (Å²) in [5.74, 6) is -0.776. The summed E-state index contributed by atoms with van der Waals surface area (Å²) in [4.78, 5) is 10.7. The highest BCUT2D eigenvalue weighted by molar-refractivity contribution is 5.73. The Morgan fingerprint density at radius 1 is 1.77 bits per heavy atom. The molecule has 0 aromatic heterocycles. The predicted molar refractivity (Wildman–Crippen MR) is 48.7 cm³/mol. The monoisotopic (exact) mass is 187 g/mol. The summed E-state index contributed by atoms with van der Waals surface area (Å²) in [5.41, 5.74) is 0. The number of ether oxygens (including phenoxy) is 1. The van der Waals surface area contributed by atoms with E-state index in [9.17, 15) is 4.79 Å². The van der Waals surface area contributed by atoms with Gasteiger partial charge in [0, 0.05) is 12.6 Å². The van der Waals surface area contributed by atoms with Crippen LogP contribution in [0, 0.1) is 0 Å². The summed E-state index contributed by atoms with van der Waals surface area (Å²) in [6.45, 7) is 4.57. The fraction of sp³-hybridized carbons (Fsp3) is 0.889. The summed E-state index contributed by atoms with van der Waals surface area (Å²) >= 11 is 0. The van der Waals surface area contributed by atoms with Crippen LogP contribution in [0.3, 0.4) is 0 Å². The highest BCUT2D eigenvalue weighted by atomic mass is 16.5. The number of carboxylic acid groups (broad SMARTS) is 1. The number of nitrogens with one attached hydrogen (secondary N) is 1. The zero-order valence-electron chi connectivity index (χ0n) is 8.12. The molecule has 0 aliphatic carbocycles. The fourth-order valence-electron chi connectivity index (χ4n) is 1.57. The molecule has 1 fully saturated rings. The van der Waals surface area contributed by atoms with E-state index < -0.39 is 12.0 Å². The van der Waals surface area contributed by atoms with Gasteiger partial charge in [0.15, 0.2) is 0 Å². The molecule has 2 N–H and O–H groups in total. The average Bonchev–Trinajstić information content (AvgIpc) is 2.46. The fourth-order valence-corrected chi connectivity index (χ4v) is 1.57. The van der Waals surface area contributed by atoms with Crippen LogP contribution in [-0.4, -0.2) is 35.9 Å². The second-order valence-corrected chi connectivity index (χ2v) is 3.44. The molecule has 1 aliphatic heterocycles. The van der Waals surface area contributed by atoms with Crippen LogP contribution in [0.4, 0.5) is 0 Å². The minimum atomic E-state index is -0.776. The van der Waals surface area contributed by atoms with Crippen molar-refractivity contribution in [3.8, 4) is 0 Å². The number of carboxylic acids is 1. The van der Waals surface area contributed by atoms with Crippen LogP contribution < -0.4 is 5.32 Å². The van der Waals surface area contributed by atoms with Crippen LogP contribution in [0.25, 0.3) is 0 Å². The predicted octanol–water partition coefficient (Wildman–Crippen LogP) is 0.617. The molecule has 1 aliphatic rings. The Bertz CT molecular complexity index is 184. The third-order valence-corrected chi connectivity index (χ3v) is 2.50. The Labute approximate surface area is 78.3 Å². The van der Waals surface area contributed by atoms with E-state index in [1.165, 1.54) is 0 Å². The molecule has 0 saturated carbocycles. The first kappa shape index (κ1) is 10.5. The van der Waals surface area contributed by atoms with Crippen molar-refractivity contribution < 1.29 is 14.6 Å². The smallest absolute Gasteiger partial charge is 0.320 e. The maximum Gasteiger partial charge on any atom is 0.320 e. The van der Waals surface area contributed by atoms with Crippen molar-refractivity contribution in [3.63, 3.8) is 0 Å². The van der Waals surface area contributed by atoms with Crippen molar-refractivity contribution >= 4 is 5.97 Å². The van der Waals surface area contributed by atoms with Gasteiger partial charge >= 0.3 is 5.97 Å². The molecule has 1 heterocycles.